The summed E-state index contributed by atoms with van der Waals surface area (Å²) >= 11 is 0. The molecule has 19 heavy (non-hydrogen) atoms. The van der Waals surface area contributed by atoms with Gasteiger partial charge in [0.1, 0.15) is 5.75 Å². The van der Waals surface area contributed by atoms with Crippen LogP contribution >= 0.6 is 0 Å². The fraction of sp³-hybridized carbons (Fsp3) is 0.0625. The van der Waals surface area contributed by atoms with Gasteiger partial charge in [0.05, 0.1) is 0 Å². The highest BCUT2D eigenvalue weighted by molar-refractivity contribution is 6.07. The van der Waals surface area contributed by atoms with Crippen molar-refractivity contribution >= 4 is 11.5 Å². The lowest BCUT2D eigenvalue weighted by molar-refractivity contribution is -0.131. The molecule has 2 aromatic carbocycles. The minimum Gasteiger partial charge on any atom is -0.507 e. The first kappa shape index (κ1) is 11.5. The molecule has 3 heteroatoms. The highest BCUT2D eigenvalue weighted by atomic mass is 16.4. The average Bonchev–Trinajstić information content (AvgIpc) is 2.64. The summed E-state index contributed by atoms with van der Waals surface area (Å²) in [5.41, 5.74) is 4.93. The zero-order valence-electron chi connectivity index (χ0n) is 10.3. The predicted octanol–water partition coefficient (Wildman–Crippen LogP) is 3.20. The molecule has 0 fully saturated rings. The quantitative estimate of drug-likeness (QED) is 0.654. The molecule has 0 amide bonds. The Labute approximate surface area is 110 Å². The molecule has 0 saturated heterocycles. The van der Waals surface area contributed by atoms with Gasteiger partial charge in [-0.3, -0.25) is 0 Å². The van der Waals surface area contributed by atoms with E-state index in [2.05, 4.69) is 0 Å². The summed E-state index contributed by atoms with van der Waals surface area (Å²) in [6.45, 7) is 1.96. The molecule has 0 atom stereocenters. The SMILES string of the molecule is Cc1ccc2c(c1)/C(=C\C(=O)O)c1cccc(O)c1-2. The molecular formula is C16H12O3. The highest BCUT2D eigenvalue weighted by Gasteiger charge is 2.26. The van der Waals surface area contributed by atoms with E-state index in [9.17, 15) is 9.90 Å². The maximum Gasteiger partial charge on any atom is 0.328 e. The molecule has 2 aromatic rings. The molecule has 0 saturated carbocycles. The summed E-state index contributed by atoms with van der Waals surface area (Å²) in [4.78, 5) is 11.0. The van der Waals surface area contributed by atoms with Crippen LogP contribution in [0.15, 0.2) is 42.5 Å². The molecular weight excluding hydrogens is 240 g/mol. The number of phenolic OH excluding ortho intramolecular Hbond substituents is 1. The van der Waals surface area contributed by atoms with Crippen LogP contribution in [-0.4, -0.2) is 16.2 Å². The third-order valence-electron chi connectivity index (χ3n) is 3.34. The van der Waals surface area contributed by atoms with E-state index >= 15 is 0 Å². The van der Waals surface area contributed by atoms with Crippen molar-refractivity contribution in [2.24, 2.45) is 0 Å². The molecule has 0 aromatic heterocycles. The van der Waals surface area contributed by atoms with Gasteiger partial charge in [-0.25, -0.2) is 4.79 Å². The topological polar surface area (TPSA) is 57.5 Å². The van der Waals surface area contributed by atoms with Crippen molar-refractivity contribution in [3.05, 3.63) is 59.2 Å². The Kier molecular flexibility index (Phi) is 2.42. The van der Waals surface area contributed by atoms with Gasteiger partial charge >= 0.3 is 5.97 Å². The number of phenols is 1. The molecule has 3 nitrogen and oxygen atoms in total. The van der Waals surface area contributed by atoms with Gasteiger partial charge in [-0.05, 0) is 35.3 Å². The average molecular weight is 252 g/mol. The van der Waals surface area contributed by atoms with Crippen LogP contribution < -0.4 is 0 Å². The molecule has 0 unspecified atom stereocenters. The van der Waals surface area contributed by atoms with Crippen molar-refractivity contribution in [2.75, 3.05) is 0 Å². The number of fused-ring (bicyclic) bond motifs is 3. The Morgan fingerprint density at radius 1 is 1.11 bits per heavy atom. The number of benzene rings is 2. The van der Waals surface area contributed by atoms with E-state index in [1.807, 2.05) is 31.2 Å². The van der Waals surface area contributed by atoms with Gasteiger partial charge in [-0.15, -0.1) is 0 Å². The summed E-state index contributed by atoms with van der Waals surface area (Å²) < 4.78 is 0. The van der Waals surface area contributed by atoms with E-state index in [1.165, 1.54) is 6.08 Å². The highest BCUT2D eigenvalue weighted by Crippen LogP contribution is 2.48. The van der Waals surface area contributed by atoms with Gasteiger partial charge in [-0.2, -0.15) is 0 Å². The van der Waals surface area contributed by atoms with Gasteiger partial charge in [0, 0.05) is 11.6 Å². The van der Waals surface area contributed by atoms with Crippen LogP contribution in [0.4, 0.5) is 0 Å². The van der Waals surface area contributed by atoms with E-state index in [0.29, 0.717) is 11.1 Å². The molecule has 1 aliphatic carbocycles. The van der Waals surface area contributed by atoms with E-state index < -0.39 is 5.97 Å². The molecule has 1 aliphatic rings. The smallest absolute Gasteiger partial charge is 0.328 e. The molecule has 0 heterocycles. The van der Waals surface area contributed by atoms with E-state index in [1.54, 1.807) is 12.1 Å². The van der Waals surface area contributed by atoms with Gasteiger partial charge in [0.2, 0.25) is 0 Å². The summed E-state index contributed by atoms with van der Waals surface area (Å²) in [6.07, 6.45) is 1.20. The fourth-order valence-electron chi connectivity index (χ4n) is 2.57. The first-order chi connectivity index (χ1) is 9.08. The van der Waals surface area contributed by atoms with Crippen molar-refractivity contribution in [2.45, 2.75) is 6.92 Å². The van der Waals surface area contributed by atoms with Crippen molar-refractivity contribution in [3.63, 3.8) is 0 Å². The number of aromatic hydroxyl groups is 1. The van der Waals surface area contributed by atoms with Gasteiger partial charge < -0.3 is 10.2 Å². The van der Waals surface area contributed by atoms with Crippen LogP contribution in [0.1, 0.15) is 16.7 Å². The molecule has 0 bridgehead atoms. The Balaban J connectivity index is 2.39. The van der Waals surface area contributed by atoms with Crippen LogP contribution in [0.25, 0.3) is 16.7 Å². The number of hydrogen-bond donors (Lipinski definition) is 2. The summed E-state index contributed by atoms with van der Waals surface area (Å²) in [6, 6.07) is 11.0. The van der Waals surface area contributed by atoms with Crippen molar-refractivity contribution in [1.82, 2.24) is 0 Å². The van der Waals surface area contributed by atoms with Crippen molar-refractivity contribution in [1.29, 1.82) is 0 Å². The molecule has 0 aliphatic heterocycles. The van der Waals surface area contributed by atoms with Crippen molar-refractivity contribution < 1.29 is 15.0 Å². The molecule has 2 N–H and O–H groups in total. The minimum atomic E-state index is -0.987. The third kappa shape index (κ3) is 1.71. The predicted molar refractivity (Wildman–Crippen MR) is 73.0 cm³/mol. The largest absolute Gasteiger partial charge is 0.507 e. The lowest BCUT2D eigenvalue weighted by Gasteiger charge is -2.03. The maximum absolute atomic E-state index is 11.0. The Morgan fingerprint density at radius 2 is 1.89 bits per heavy atom. The van der Waals surface area contributed by atoms with Crippen molar-refractivity contribution in [3.8, 4) is 16.9 Å². The van der Waals surface area contributed by atoms with E-state index in [0.717, 1.165) is 22.3 Å². The van der Waals surface area contributed by atoms with Crippen LogP contribution in [0, 0.1) is 6.92 Å². The van der Waals surface area contributed by atoms with Gasteiger partial charge in [0.15, 0.2) is 0 Å². The number of carbonyl (C=O) groups is 1. The Morgan fingerprint density at radius 3 is 2.63 bits per heavy atom. The van der Waals surface area contributed by atoms with E-state index in [-0.39, 0.29) is 5.75 Å². The van der Waals surface area contributed by atoms with Crippen LogP contribution in [0.5, 0.6) is 5.75 Å². The van der Waals surface area contributed by atoms with E-state index in [4.69, 9.17) is 5.11 Å². The minimum absolute atomic E-state index is 0.177. The van der Waals surface area contributed by atoms with Crippen LogP contribution in [-0.2, 0) is 4.79 Å². The monoisotopic (exact) mass is 252 g/mol. The summed E-state index contributed by atoms with van der Waals surface area (Å²) in [5, 5.41) is 19.0. The Hall–Kier alpha value is -2.55. The van der Waals surface area contributed by atoms with Gasteiger partial charge in [-0.1, -0.05) is 35.9 Å². The van der Waals surface area contributed by atoms with Crippen LogP contribution in [0.3, 0.4) is 0 Å². The second-order valence-electron chi connectivity index (χ2n) is 4.64. The normalized spacial score (nSPS) is 14.3. The first-order valence-corrected chi connectivity index (χ1v) is 5.96. The number of carboxylic acid groups (broad SMARTS) is 1. The fourth-order valence-corrected chi connectivity index (χ4v) is 2.57. The molecule has 3 rings (SSSR count). The van der Waals surface area contributed by atoms with Crippen LogP contribution in [0.2, 0.25) is 0 Å². The lowest BCUT2D eigenvalue weighted by Crippen LogP contribution is -1.91. The number of aryl methyl sites for hydroxylation is 1. The Bertz CT molecular complexity index is 727. The number of hydrogen-bond acceptors (Lipinski definition) is 2. The van der Waals surface area contributed by atoms with Gasteiger partial charge in [0.25, 0.3) is 0 Å². The second-order valence-corrected chi connectivity index (χ2v) is 4.64. The lowest BCUT2D eigenvalue weighted by atomic mass is 10.0. The molecule has 0 spiro atoms. The molecule has 0 radical (unpaired) electrons. The summed E-state index contributed by atoms with van der Waals surface area (Å²) in [5.74, 6) is -0.810. The zero-order chi connectivity index (χ0) is 13.6. The third-order valence-corrected chi connectivity index (χ3v) is 3.34. The standard InChI is InChI=1S/C16H12O3/c1-9-5-6-11-12(7-9)13(8-15(18)19)10-3-2-4-14(17)16(10)11/h2-8,17H,1H3,(H,18,19)/b13-8-. The first-order valence-electron chi connectivity index (χ1n) is 5.96. The second kappa shape index (κ2) is 3.99. The number of carboxylic acids is 1. The number of aliphatic carboxylic acids is 1. The zero-order valence-corrected chi connectivity index (χ0v) is 10.3. The molecule has 94 valence electrons. The summed E-state index contributed by atoms with van der Waals surface area (Å²) in [7, 11) is 0. The maximum atomic E-state index is 11.0. The number of rotatable bonds is 1.